The number of ether oxygens (including phenoxy) is 1. The number of hydrogen-bond acceptors (Lipinski definition) is 6. The number of likely N-dealkylation sites (N-methyl/N-ethyl adjacent to an activating group) is 2. The van der Waals surface area contributed by atoms with E-state index in [-0.39, 0.29) is 5.91 Å². The molecule has 0 N–H and O–H groups in total. The van der Waals surface area contributed by atoms with Gasteiger partial charge in [-0.15, -0.1) is 0 Å². The topological polar surface area (TPSA) is 71.5 Å². The van der Waals surface area contributed by atoms with Crippen LogP contribution in [0.1, 0.15) is 6.92 Å². The number of carbonyl (C=O) groups excluding carboxylic acids is 1. The van der Waals surface area contributed by atoms with E-state index in [2.05, 4.69) is 15.0 Å². The first-order valence-corrected chi connectivity index (χ1v) is 9.07. The van der Waals surface area contributed by atoms with Crippen molar-refractivity contribution in [2.24, 2.45) is 0 Å². The molecule has 0 aliphatic carbocycles. The van der Waals surface area contributed by atoms with Crippen molar-refractivity contribution in [2.45, 2.75) is 6.92 Å². The summed E-state index contributed by atoms with van der Waals surface area (Å²) in [5.41, 5.74) is 1.59. The lowest BCUT2D eigenvalue weighted by Gasteiger charge is -2.22. The highest BCUT2D eigenvalue weighted by atomic mass is 19.1. The van der Waals surface area contributed by atoms with Crippen LogP contribution in [0.2, 0.25) is 0 Å². The SMILES string of the molecule is CC(=O)N(C)CCN(C)c1cncc(Oc2ccc(-c3ccnc(F)c3)cc2)n1. The summed E-state index contributed by atoms with van der Waals surface area (Å²) < 4.78 is 19.1. The van der Waals surface area contributed by atoms with Gasteiger partial charge >= 0.3 is 0 Å². The van der Waals surface area contributed by atoms with Gasteiger partial charge < -0.3 is 14.5 Å². The molecule has 0 aliphatic rings. The lowest BCUT2D eigenvalue weighted by Crippen LogP contribution is -2.33. The molecular formula is C21H22FN5O2. The fourth-order valence-corrected chi connectivity index (χ4v) is 2.56. The lowest BCUT2D eigenvalue weighted by atomic mass is 10.1. The van der Waals surface area contributed by atoms with Gasteiger partial charge in [-0.1, -0.05) is 12.1 Å². The third-order valence-corrected chi connectivity index (χ3v) is 4.44. The van der Waals surface area contributed by atoms with Crippen molar-refractivity contribution < 1.29 is 13.9 Å². The van der Waals surface area contributed by atoms with Gasteiger partial charge in [0.05, 0.1) is 12.4 Å². The Bertz CT molecular complexity index is 981. The minimum absolute atomic E-state index is 0.0134. The molecule has 0 fully saturated rings. The van der Waals surface area contributed by atoms with Crippen molar-refractivity contribution in [3.8, 4) is 22.8 Å². The molecule has 2 heterocycles. The normalized spacial score (nSPS) is 10.5. The zero-order valence-electron chi connectivity index (χ0n) is 16.5. The van der Waals surface area contributed by atoms with Crippen molar-refractivity contribution in [1.29, 1.82) is 0 Å². The Hall–Kier alpha value is -3.55. The average Bonchev–Trinajstić information content (AvgIpc) is 2.72. The number of benzene rings is 1. The van der Waals surface area contributed by atoms with Gasteiger partial charge in [0.1, 0.15) is 5.75 Å². The molecule has 29 heavy (non-hydrogen) atoms. The molecule has 0 atom stereocenters. The Morgan fingerprint density at radius 2 is 1.83 bits per heavy atom. The molecule has 0 spiro atoms. The monoisotopic (exact) mass is 395 g/mol. The van der Waals surface area contributed by atoms with Crippen molar-refractivity contribution in [1.82, 2.24) is 19.9 Å². The fraction of sp³-hybridized carbons (Fsp3) is 0.238. The largest absolute Gasteiger partial charge is 0.437 e. The van der Waals surface area contributed by atoms with E-state index in [1.54, 1.807) is 36.3 Å². The Labute approximate surface area is 168 Å². The van der Waals surface area contributed by atoms with Crippen LogP contribution in [0.25, 0.3) is 11.1 Å². The summed E-state index contributed by atoms with van der Waals surface area (Å²) in [6, 6.07) is 10.4. The van der Waals surface area contributed by atoms with Crippen molar-refractivity contribution in [3.63, 3.8) is 0 Å². The second kappa shape index (κ2) is 9.09. The van der Waals surface area contributed by atoms with Gasteiger partial charge in [-0.25, -0.2) is 4.98 Å². The first kappa shape index (κ1) is 20.2. The van der Waals surface area contributed by atoms with Crippen molar-refractivity contribution >= 4 is 11.7 Å². The number of aromatic nitrogens is 3. The Kier molecular flexibility index (Phi) is 6.33. The summed E-state index contributed by atoms with van der Waals surface area (Å²) in [6.45, 7) is 2.73. The smallest absolute Gasteiger partial charge is 0.239 e. The maximum Gasteiger partial charge on any atom is 0.239 e. The molecule has 1 amide bonds. The van der Waals surface area contributed by atoms with Gasteiger partial charge in [-0.05, 0) is 29.3 Å². The standard InChI is InChI=1S/C21H22FN5O2/c1-15(28)26(2)10-11-27(3)20-13-23-14-21(25-20)29-18-6-4-16(5-7-18)17-8-9-24-19(22)12-17/h4-9,12-14H,10-11H2,1-3H3. The summed E-state index contributed by atoms with van der Waals surface area (Å²) >= 11 is 0. The maximum absolute atomic E-state index is 13.3. The number of halogens is 1. The number of pyridine rings is 1. The second-order valence-electron chi connectivity index (χ2n) is 6.57. The number of carbonyl (C=O) groups is 1. The quantitative estimate of drug-likeness (QED) is 0.571. The minimum atomic E-state index is -0.520. The first-order chi connectivity index (χ1) is 13.9. The molecule has 3 rings (SSSR count). The van der Waals surface area contributed by atoms with E-state index in [0.29, 0.717) is 30.5 Å². The van der Waals surface area contributed by atoms with Gasteiger partial charge in [0.2, 0.25) is 17.7 Å². The van der Waals surface area contributed by atoms with E-state index in [4.69, 9.17) is 4.74 Å². The second-order valence-corrected chi connectivity index (χ2v) is 6.57. The summed E-state index contributed by atoms with van der Waals surface area (Å²) in [7, 11) is 3.63. The maximum atomic E-state index is 13.3. The number of amides is 1. The molecule has 3 aromatic rings. The van der Waals surface area contributed by atoms with E-state index < -0.39 is 5.95 Å². The lowest BCUT2D eigenvalue weighted by molar-refractivity contribution is -0.127. The molecule has 0 unspecified atom stereocenters. The van der Waals surface area contributed by atoms with Gasteiger partial charge in [0.25, 0.3) is 0 Å². The van der Waals surface area contributed by atoms with Crippen molar-refractivity contribution in [3.05, 3.63) is 60.9 Å². The summed E-state index contributed by atoms with van der Waals surface area (Å²) in [5.74, 6) is 1.09. The predicted molar refractivity (Wildman–Crippen MR) is 108 cm³/mol. The van der Waals surface area contributed by atoms with E-state index in [9.17, 15) is 9.18 Å². The zero-order valence-corrected chi connectivity index (χ0v) is 16.5. The molecule has 0 saturated carbocycles. The number of anilines is 1. The molecule has 0 aliphatic heterocycles. The van der Waals surface area contributed by atoms with Crippen LogP contribution >= 0.6 is 0 Å². The molecule has 8 heteroatoms. The highest BCUT2D eigenvalue weighted by Gasteiger charge is 2.09. The third-order valence-electron chi connectivity index (χ3n) is 4.44. The fourth-order valence-electron chi connectivity index (χ4n) is 2.56. The average molecular weight is 395 g/mol. The van der Waals surface area contributed by atoms with E-state index in [0.717, 1.165) is 11.1 Å². The van der Waals surface area contributed by atoms with Gasteiger partial charge in [0, 0.05) is 46.4 Å². The van der Waals surface area contributed by atoms with E-state index in [1.807, 2.05) is 24.1 Å². The van der Waals surface area contributed by atoms with Gasteiger partial charge in [-0.2, -0.15) is 9.37 Å². The van der Waals surface area contributed by atoms with Gasteiger partial charge in [-0.3, -0.25) is 9.78 Å². The first-order valence-electron chi connectivity index (χ1n) is 9.07. The molecule has 0 bridgehead atoms. The van der Waals surface area contributed by atoms with E-state index in [1.165, 1.54) is 25.4 Å². The molecular weight excluding hydrogens is 373 g/mol. The van der Waals surface area contributed by atoms with Gasteiger partial charge in [0.15, 0.2) is 5.82 Å². The van der Waals surface area contributed by atoms with Crippen LogP contribution in [0, 0.1) is 5.95 Å². The summed E-state index contributed by atoms with van der Waals surface area (Å²) in [6.07, 6.45) is 4.60. The minimum Gasteiger partial charge on any atom is -0.437 e. The highest BCUT2D eigenvalue weighted by molar-refractivity contribution is 5.72. The van der Waals surface area contributed by atoms with Crippen LogP contribution in [0.15, 0.2) is 55.0 Å². The third kappa shape index (κ3) is 5.47. The molecule has 0 radical (unpaired) electrons. The number of nitrogens with zero attached hydrogens (tertiary/aromatic N) is 5. The summed E-state index contributed by atoms with van der Waals surface area (Å²) in [4.78, 5) is 27.1. The van der Waals surface area contributed by atoms with Crippen molar-refractivity contribution in [2.75, 3.05) is 32.1 Å². The molecule has 150 valence electrons. The van der Waals surface area contributed by atoms with Crippen LogP contribution in [0.4, 0.5) is 10.2 Å². The van der Waals surface area contributed by atoms with Crippen LogP contribution in [-0.2, 0) is 4.79 Å². The molecule has 1 aromatic carbocycles. The Morgan fingerprint density at radius 3 is 2.52 bits per heavy atom. The zero-order chi connectivity index (χ0) is 20.8. The van der Waals surface area contributed by atoms with Crippen LogP contribution in [0.3, 0.4) is 0 Å². The number of hydrogen-bond donors (Lipinski definition) is 0. The van der Waals surface area contributed by atoms with Crippen LogP contribution < -0.4 is 9.64 Å². The van der Waals surface area contributed by atoms with Crippen LogP contribution in [-0.4, -0.2) is 52.9 Å². The molecule has 2 aromatic heterocycles. The Balaban J connectivity index is 1.66. The van der Waals surface area contributed by atoms with Crippen LogP contribution in [0.5, 0.6) is 11.6 Å². The highest BCUT2D eigenvalue weighted by Crippen LogP contribution is 2.25. The summed E-state index contributed by atoms with van der Waals surface area (Å²) in [5, 5.41) is 0. The Morgan fingerprint density at radius 1 is 1.07 bits per heavy atom. The number of rotatable bonds is 7. The molecule has 7 nitrogen and oxygen atoms in total. The molecule has 0 saturated heterocycles. The van der Waals surface area contributed by atoms with E-state index >= 15 is 0 Å². The predicted octanol–water partition coefficient (Wildman–Crippen LogP) is 3.38.